The maximum Gasteiger partial charge on any atom is 0.416 e. The molecule has 7 nitrogen and oxygen atoms in total. The van der Waals surface area contributed by atoms with Gasteiger partial charge in [-0.05, 0) is 49.6 Å². The number of hydrogen-bond acceptors (Lipinski definition) is 5. The van der Waals surface area contributed by atoms with Crippen LogP contribution in [0.3, 0.4) is 0 Å². The zero-order valence-electron chi connectivity index (χ0n) is 16.8. The maximum atomic E-state index is 13.0. The fraction of sp³-hybridized carbons (Fsp3) is 0.333. The number of fused-ring (bicyclic) bond motifs is 2. The van der Waals surface area contributed by atoms with Gasteiger partial charge in [0.15, 0.2) is 5.65 Å². The first kappa shape index (κ1) is 19.5. The van der Waals surface area contributed by atoms with Crippen molar-refractivity contribution in [2.45, 2.75) is 38.4 Å². The number of rotatable bonds is 2. The maximum absolute atomic E-state index is 13.0. The van der Waals surface area contributed by atoms with E-state index in [4.69, 9.17) is 0 Å². The number of nitrogens with zero attached hydrogens (tertiary/aromatic N) is 6. The lowest BCUT2D eigenvalue weighted by molar-refractivity contribution is -0.137. The summed E-state index contributed by atoms with van der Waals surface area (Å²) in [6, 6.07) is 5.39. The molecule has 0 saturated heterocycles. The minimum Gasteiger partial charge on any atom is -0.507 e. The average molecular weight is 428 g/mol. The third-order valence-electron chi connectivity index (χ3n) is 5.83. The highest BCUT2D eigenvalue weighted by atomic mass is 19.4. The zero-order chi connectivity index (χ0) is 21.9. The first-order valence-corrected chi connectivity index (χ1v) is 9.85. The number of hydrogen-bond donors (Lipinski definition) is 1. The summed E-state index contributed by atoms with van der Waals surface area (Å²) in [7, 11) is 1.88. The predicted molar refractivity (Wildman–Crippen MR) is 106 cm³/mol. The van der Waals surface area contributed by atoms with Crippen LogP contribution in [0.25, 0.3) is 22.3 Å². The van der Waals surface area contributed by atoms with Crippen molar-refractivity contribution in [3.63, 3.8) is 0 Å². The number of aromatic nitrogens is 6. The summed E-state index contributed by atoms with van der Waals surface area (Å²) in [6.45, 7) is 1.52. The number of pyridine rings is 1. The Balaban J connectivity index is 1.50. The zero-order valence-corrected chi connectivity index (χ0v) is 16.8. The van der Waals surface area contributed by atoms with Crippen molar-refractivity contribution in [3.8, 4) is 17.0 Å². The molecule has 1 aliphatic carbocycles. The highest BCUT2D eigenvalue weighted by Gasteiger charge is 2.32. The molecule has 4 aromatic rings. The second kappa shape index (κ2) is 6.79. The summed E-state index contributed by atoms with van der Waals surface area (Å²) in [5.41, 5.74) is 2.64. The third kappa shape index (κ3) is 3.31. The van der Waals surface area contributed by atoms with Crippen LogP contribution in [0.1, 0.15) is 35.0 Å². The smallest absolute Gasteiger partial charge is 0.416 e. The van der Waals surface area contributed by atoms with Crippen molar-refractivity contribution in [1.82, 2.24) is 29.8 Å². The van der Waals surface area contributed by atoms with E-state index in [0.717, 1.165) is 48.2 Å². The Kier molecular flexibility index (Phi) is 4.28. The van der Waals surface area contributed by atoms with E-state index < -0.39 is 17.5 Å². The van der Waals surface area contributed by atoms with Crippen LogP contribution in [0.4, 0.5) is 13.2 Å². The van der Waals surface area contributed by atoms with Gasteiger partial charge in [0.1, 0.15) is 5.75 Å². The quantitative estimate of drug-likeness (QED) is 0.522. The summed E-state index contributed by atoms with van der Waals surface area (Å²) >= 11 is 0. The molecule has 0 unspecified atom stereocenters. The summed E-state index contributed by atoms with van der Waals surface area (Å²) < 4.78 is 42.7. The minimum absolute atomic E-state index is 0.142. The minimum atomic E-state index is -4.53. The number of alkyl halides is 3. The Bertz CT molecular complexity index is 1280. The van der Waals surface area contributed by atoms with Crippen LogP contribution >= 0.6 is 0 Å². The third-order valence-corrected chi connectivity index (χ3v) is 5.83. The van der Waals surface area contributed by atoms with E-state index >= 15 is 0 Å². The molecule has 1 atom stereocenters. The summed E-state index contributed by atoms with van der Waals surface area (Å²) in [6.07, 6.45) is -0.142. The molecule has 0 radical (unpaired) electrons. The lowest BCUT2D eigenvalue weighted by Crippen LogP contribution is -2.20. The van der Waals surface area contributed by atoms with E-state index in [2.05, 4.69) is 20.4 Å². The second-order valence-electron chi connectivity index (χ2n) is 7.91. The molecule has 3 aromatic heterocycles. The SMILES string of the molecule is Cc1cc(C(F)(F)F)cc(O)c1-c1ccc2cn([C@@H]3CCc4nnn(C)c4C3)nc2n1. The highest BCUT2D eigenvalue weighted by molar-refractivity contribution is 5.80. The van der Waals surface area contributed by atoms with Gasteiger partial charge < -0.3 is 5.11 Å². The number of phenolic OH excluding ortho intramolecular Hbond substituents is 1. The van der Waals surface area contributed by atoms with Gasteiger partial charge in [0.2, 0.25) is 0 Å². The van der Waals surface area contributed by atoms with E-state index in [1.165, 1.54) is 6.92 Å². The first-order valence-electron chi connectivity index (χ1n) is 9.85. The molecule has 0 amide bonds. The number of aryl methyl sites for hydroxylation is 3. The van der Waals surface area contributed by atoms with Crippen molar-refractivity contribution < 1.29 is 18.3 Å². The molecule has 31 heavy (non-hydrogen) atoms. The number of benzene rings is 1. The average Bonchev–Trinajstić information content (AvgIpc) is 3.30. The summed E-state index contributed by atoms with van der Waals surface area (Å²) in [4.78, 5) is 4.52. The first-order chi connectivity index (χ1) is 14.7. The van der Waals surface area contributed by atoms with Crippen LogP contribution in [0, 0.1) is 6.92 Å². The van der Waals surface area contributed by atoms with Crippen LogP contribution in [-0.2, 0) is 26.1 Å². The summed E-state index contributed by atoms with van der Waals surface area (Å²) in [5, 5.41) is 24.0. The van der Waals surface area contributed by atoms with Crippen LogP contribution < -0.4 is 0 Å². The normalized spacial score (nSPS) is 16.6. The Hall–Kier alpha value is -3.43. The van der Waals surface area contributed by atoms with Gasteiger partial charge in [-0.15, -0.1) is 5.10 Å². The Morgan fingerprint density at radius 3 is 2.74 bits per heavy atom. The number of halogens is 3. The fourth-order valence-electron chi connectivity index (χ4n) is 4.23. The lowest BCUT2D eigenvalue weighted by atomic mass is 9.96. The largest absolute Gasteiger partial charge is 0.507 e. The van der Waals surface area contributed by atoms with Crippen molar-refractivity contribution >= 4 is 11.0 Å². The standard InChI is InChI=1S/C21H19F3N6O/c1-11-7-13(21(22,23)24)8-18(31)19(11)16-5-3-12-10-30(27-20(12)25-16)14-4-6-15-17(9-14)29(2)28-26-15/h3,5,7-8,10,14,31H,4,6,9H2,1-2H3/t14-/m1/s1. The van der Waals surface area contributed by atoms with E-state index in [-0.39, 0.29) is 11.6 Å². The molecule has 160 valence electrons. The molecule has 0 fully saturated rings. The molecule has 0 saturated carbocycles. The van der Waals surface area contributed by atoms with Gasteiger partial charge in [-0.2, -0.15) is 18.3 Å². The van der Waals surface area contributed by atoms with Gasteiger partial charge in [0.05, 0.1) is 28.7 Å². The molecular formula is C21H19F3N6O. The summed E-state index contributed by atoms with van der Waals surface area (Å²) in [5.74, 6) is -0.456. The van der Waals surface area contributed by atoms with E-state index in [1.54, 1.807) is 10.7 Å². The Morgan fingerprint density at radius 2 is 2.00 bits per heavy atom. The van der Waals surface area contributed by atoms with Crippen molar-refractivity contribution in [1.29, 1.82) is 0 Å². The molecule has 1 aliphatic rings. The van der Waals surface area contributed by atoms with Crippen molar-refractivity contribution in [3.05, 3.63) is 53.0 Å². The molecule has 1 N–H and O–H groups in total. The topological polar surface area (TPSA) is 81.6 Å². The highest BCUT2D eigenvalue weighted by Crippen LogP contribution is 2.39. The second-order valence-corrected chi connectivity index (χ2v) is 7.91. The van der Waals surface area contributed by atoms with E-state index in [1.807, 2.05) is 24.0 Å². The van der Waals surface area contributed by atoms with E-state index in [0.29, 0.717) is 16.9 Å². The van der Waals surface area contributed by atoms with Gasteiger partial charge in [-0.1, -0.05) is 5.21 Å². The molecule has 0 aliphatic heterocycles. The van der Waals surface area contributed by atoms with Crippen molar-refractivity contribution in [2.24, 2.45) is 7.05 Å². The lowest BCUT2D eigenvalue weighted by Gasteiger charge is -2.21. The number of aromatic hydroxyl groups is 1. The van der Waals surface area contributed by atoms with E-state index in [9.17, 15) is 18.3 Å². The van der Waals surface area contributed by atoms with Crippen LogP contribution in [0.15, 0.2) is 30.5 Å². The fourth-order valence-corrected chi connectivity index (χ4v) is 4.23. The Labute approximate surface area is 175 Å². The molecule has 0 spiro atoms. The van der Waals surface area contributed by atoms with Crippen LogP contribution in [-0.4, -0.2) is 34.9 Å². The monoisotopic (exact) mass is 428 g/mol. The number of phenols is 1. The van der Waals surface area contributed by atoms with Gasteiger partial charge in [0.25, 0.3) is 0 Å². The molecule has 5 rings (SSSR count). The molecular weight excluding hydrogens is 409 g/mol. The van der Waals surface area contributed by atoms with Crippen molar-refractivity contribution in [2.75, 3.05) is 0 Å². The molecule has 3 heterocycles. The molecule has 1 aromatic carbocycles. The van der Waals surface area contributed by atoms with Crippen LogP contribution in [0.5, 0.6) is 5.75 Å². The van der Waals surface area contributed by atoms with Gasteiger partial charge >= 0.3 is 6.18 Å². The molecule has 0 bridgehead atoms. The van der Waals surface area contributed by atoms with Gasteiger partial charge in [-0.3, -0.25) is 9.36 Å². The molecule has 10 heteroatoms. The van der Waals surface area contributed by atoms with Gasteiger partial charge in [-0.25, -0.2) is 4.98 Å². The van der Waals surface area contributed by atoms with Crippen LogP contribution in [0.2, 0.25) is 0 Å². The Morgan fingerprint density at radius 1 is 1.19 bits per heavy atom. The predicted octanol–water partition coefficient (Wildman–Crippen LogP) is 3.99. The van der Waals surface area contributed by atoms with Gasteiger partial charge in [0, 0.05) is 30.6 Å².